The molecule has 0 bridgehead atoms. The van der Waals surface area contributed by atoms with Crippen molar-refractivity contribution in [2.75, 3.05) is 18.6 Å². The topological polar surface area (TPSA) is 58.6 Å². The molecule has 1 heterocycles. The molecule has 2 aromatic rings. The van der Waals surface area contributed by atoms with Gasteiger partial charge in [-0.25, -0.2) is 0 Å². The third-order valence-corrected chi connectivity index (χ3v) is 4.41. The molecule has 1 saturated heterocycles. The van der Waals surface area contributed by atoms with Gasteiger partial charge in [-0.05, 0) is 43.2 Å². The van der Waals surface area contributed by atoms with Crippen molar-refractivity contribution in [2.45, 2.75) is 25.8 Å². The van der Waals surface area contributed by atoms with Crippen molar-refractivity contribution in [3.63, 3.8) is 0 Å². The van der Waals surface area contributed by atoms with Crippen molar-refractivity contribution in [2.24, 2.45) is 0 Å². The SMILES string of the molecule is COc1ccc(CC(=O)NC2CCN(c3ccc(C)cc3)C2=O)cc1. The van der Waals surface area contributed by atoms with E-state index < -0.39 is 6.04 Å². The summed E-state index contributed by atoms with van der Waals surface area (Å²) >= 11 is 0. The summed E-state index contributed by atoms with van der Waals surface area (Å²) in [6.45, 7) is 2.63. The quantitative estimate of drug-likeness (QED) is 0.911. The first-order chi connectivity index (χ1) is 12.1. The van der Waals surface area contributed by atoms with Crippen LogP contribution < -0.4 is 15.0 Å². The fourth-order valence-electron chi connectivity index (χ4n) is 2.97. The second kappa shape index (κ2) is 7.38. The number of methoxy groups -OCH3 is 1. The minimum Gasteiger partial charge on any atom is -0.497 e. The maximum Gasteiger partial charge on any atom is 0.249 e. The summed E-state index contributed by atoms with van der Waals surface area (Å²) in [5.41, 5.74) is 2.92. The zero-order valence-electron chi connectivity index (χ0n) is 14.5. The molecule has 1 aliphatic heterocycles. The van der Waals surface area contributed by atoms with Gasteiger partial charge in [0.2, 0.25) is 11.8 Å². The number of aryl methyl sites for hydroxylation is 1. The van der Waals surface area contributed by atoms with E-state index in [4.69, 9.17) is 4.74 Å². The molecule has 130 valence electrons. The summed E-state index contributed by atoms with van der Waals surface area (Å²) in [6.07, 6.45) is 0.874. The molecule has 2 amide bonds. The molecule has 1 unspecified atom stereocenters. The molecule has 25 heavy (non-hydrogen) atoms. The Balaban J connectivity index is 1.58. The molecule has 1 aliphatic rings. The summed E-state index contributed by atoms with van der Waals surface area (Å²) in [7, 11) is 1.60. The molecule has 0 radical (unpaired) electrons. The number of amides is 2. The number of carbonyl (C=O) groups is 2. The van der Waals surface area contributed by atoms with Gasteiger partial charge in [0.15, 0.2) is 0 Å². The number of hydrogen-bond donors (Lipinski definition) is 1. The number of anilines is 1. The van der Waals surface area contributed by atoms with Crippen LogP contribution in [0, 0.1) is 6.92 Å². The third kappa shape index (κ3) is 3.99. The maximum atomic E-state index is 12.6. The monoisotopic (exact) mass is 338 g/mol. The van der Waals surface area contributed by atoms with Crippen molar-refractivity contribution in [1.29, 1.82) is 0 Å². The Kier molecular flexibility index (Phi) is 5.03. The second-order valence-corrected chi connectivity index (χ2v) is 6.26. The zero-order chi connectivity index (χ0) is 17.8. The van der Waals surface area contributed by atoms with Gasteiger partial charge < -0.3 is 15.0 Å². The fourth-order valence-corrected chi connectivity index (χ4v) is 2.97. The normalized spacial score (nSPS) is 16.8. The van der Waals surface area contributed by atoms with Crippen LogP contribution in [0.2, 0.25) is 0 Å². The fraction of sp³-hybridized carbons (Fsp3) is 0.300. The number of hydrogen-bond acceptors (Lipinski definition) is 3. The van der Waals surface area contributed by atoms with Crippen molar-refractivity contribution in [3.8, 4) is 5.75 Å². The van der Waals surface area contributed by atoms with Crippen molar-refractivity contribution in [1.82, 2.24) is 5.32 Å². The van der Waals surface area contributed by atoms with Crippen molar-refractivity contribution >= 4 is 17.5 Å². The van der Waals surface area contributed by atoms with Crippen LogP contribution in [0.4, 0.5) is 5.69 Å². The van der Waals surface area contributed by atoms with Gasteiger partial charge in [-0.1, -0.05) is 29.8 Å². The van der Waals surface area contributed by atoms with E-state index in [1.807, 2.05) is 55.5 Å². The highest BCUT2D eigenvalue weighted by Gasteiger charge is 2.33. The van der Waals surface area contributed by atoms with Gasteiger partial charge in [0.05, 0.1) is 13.5 Å². The highest BCUT2D eigenvalue weighted by atomic mass is 16.5. The van der Waals surface area contributed by atoms with Gasteiger partial charge in [0.1, 0.15) is 11.8 Å². The van der Waals surface area contributed by atoms with Crippen LogP contribution in [0.5, 0.6) is 5.75 Å². The lowest BCUT2D eigenvalue weighted by Crippen LogP contribution is -2.42. The minimum atomic E-state index is -0.452. The minimum absolute atomic E-state index is 0.0491. The van der Waals surface area contributed by atoms with Crippen molar-refractivity contribution in [3.05, 3.63) is 59.7 Å². The molecular weight excluding hydrogens is 316 g/mol. The second-order valence-electron chi connectivity index (χ2n) is 6.26. The highest BCUT2D eigenvalue weighted by Crippen LogP contribution is 2.22. The first-order valence-corrected chi connectivity index (χ1v) is 8.37. The lowest BCUT2D eigenvalue weighted by molar-refractivity contribution is -0.126. The molecule has 0 spiro atoms. The van der Waals surface area contributed by atoms with Gasteiger partial charge in [-0.2, -0.15) is 0 Å². The molecule has 1 N–H and O–H groups in total. The lowest BCUT2D eigenvalue weighted by Gasteiger charge is -2.17. The number of nitrogens with zero attached hydrogens (tertiary/aromatic N) is 1. The van der Waals surface area contributed by atoms with Gasteiger partial charge in [-0.3, -0.25) is 9.59 Å². The number of nitrogens with one attached hydrogen (secondary N) is 1. The molecular formula is C20H22N2O3. The Bertz CT molecular complexity index is 754. The van der Waals surface area contributed by atoms with Gasteiger partial charge in [-0.15, -0.1) is 0 Å². The molecule has 2 aromatic carbocycles. The van der Waals surface area contributed by atoms with E-state index in [1.54, 1.807) is 12.0 Å². The Hall–Kier alpha value is -2.82. The smallest absolute Gasteiger partial charge is 0.249 e. The van der Waals surface area contributed by atoms with Crippen LogP contribution >= 0.6 is 0 Å². The van der Waals surface area contributed by atoms with Crippen LogP contribution in [0.25, 0.3) is 0 Å². The molecule has 0 saturated carbocycles. The molecule has 3 rings (SSSR count). The summed E-state index contributed by atoms with van der Waals surface area (Å²) < 4.78 is 5.11. The largest absolute Gasteiger partial charge is 0.497 e. The number of ether oxygens (including phenoxy) is 1. The summed E-state index contributed by atoms with van der Waals surface area (Å²) in [5, 5.41) is 2.86. The summed E-state index contributed by atoms with van der Waals surface area (Å²) in [5.74, 6) is 0.560. The third-order valence-electron chi connectivity index (χ3n) is 4.41. The van der Waals surface area contributed by atoms with Crippen LogP contribution in [-0.4, -0.2) is 31.5 Å². The molecule has 0 aromatic heterocycles. The molecule has 1 atom stereocenters. The first kappa shape index (κ1) is 17.0. The number of rotatable bonds is 5. The zero-order valence-corrected chi connectivity index (χ0v) is 14.5. The Morgan fingerprint density at radius 3 is 2.48 bits per heavy atom. The molecule has 0 aliphatic carbocycles. The van der Waals surface area contributed by atoms with E-state index in [2.05, 4.69) is 5.32 Å². The predicted molar refractivity (Wildman–Crippen MR) is 96.8 cm³/mol. The van der Waals surface area contributed by atoms with Gasteiger partial charge >= 0.3 is 0 Å². The van der Waals surface area contributed by atoms with Crippen LogP contribution in [-0.2, 0) is 16.0 Å². The molecule has 1 fully saturated rings. The van der Waals surface area contributed by atoms with Crippen molar-refractivity contribution < 1.29 is 14.3 Å². The molecule has 5 nitrogen and oxygen atoms in total. The first-order valence-electron chi connectivity index (χ1n) is 8.37. The standard InChI is InChI=1S/C20H22N2O3/c1-14-3-7-16(8-4-14)22-12-11-18(20(22)24)21-19(23)13-15-5-9-17(25-2)10-6-15/h3-10,18H,11-13H2,1-2H3,(H,21,23). The van der Waals surface area contributed by atoms with Gasteiger partial charge in [0, 0.05) is 12.2 Å². The number of carbonyl (C=O) groups excluding carboxylic acids is 2. The van der Waals surface area contributed by atoms with E-state index in [-0.39, 0.29) is 18.2 Å². The van der Waals surface area contributed by atoms with E-state index in [1.165, 1.54) is 0 Å². The van der Waals surface area contributed by atoms with Crippen LogP contribution in [0.15, 0.2) is 48.5 Å². The summed E-state index contributed by atoms with van der Waals surface area (Å²) in [4.78, 5) is 26.5. The van der Waals surface area contributed by atoms with E-state index in [0.29, 0.717) is 13.0 Å². The Morgan fingerprint density at radius 2 is 1.84 bits per heavy atom. The maximum absolute atomic E-state index is 12.6. The number of benzene rings is 2. The van der Waals surface area contributed by atoms with E-state index in [0.717, 1.165) is 22.6 Å². The van der Waals surface area contributed by atoms with E-state index in [9.17, 15) is 9.59 Å². The summed E-state index contributed by atoms with van der Waals surface area (Å²) in [6, 6.07) is 14.7. The lowest BCUT2D eigenvalue weighted by atomic mass is 10.1. The molecule has 5 heteroatoms. The predicted octanol–water partition coefficient (Wildman–Crippen LogP) is 2.47. The average molecular weight is 338 g/mol. The Morgan fingerprint density at radius 1 is 1.16 bits per heavy atom. The van der Waals surface area contributed by atoms with E-state index >= 15 is 0 Å². The highest BCUT2D eigenvalue weighted by molar-refractivity contribution is 6.01. The van der Waals surface area contributed by atoms with Crippen LogP contribution in [0.3, 0.4) is 0 Å². The van der Waals surface area contributed by atoms with Crippen LogP contribution in [0.1, 0.15) is 17.5 Å². The van der Waals surface area contributed by atoms with Gasteiger partial charge in [0.25, 0.3) is 0 Å². The average Bonchev–Trinajstić information content (AvgIpc) is 2.97. The Labute approximate surface area is 147 Å².